The van der Waals surface area contributed by atoms with E-state index in [4.69, 9.17) is 19.7 Å². The first kappa shape index (κ1) is 18.9. The lowest BCUT2D eigenvalue weighted by molar-refractivity contribution is -0.328. The molecule has 11 heteroatoms. The number of ether oxygens (including phenoxy) is 2. The van der Waals surface area contributed by atoms with Gasteiger partial charge in [-0.05, 0) is 0 Å². The normalized spacial score (nSPS) is 51.7. The Morgan fingerprint density at radius 3 is 1.91 bits per heavy atom. The van der Waals surface area contributed by atoms with E-state index in [1.165, 1.54) is 0 Å². The molecule has 136 valence electrons. The van der Waals surface area contributed by atoms with Gasteiger partial charge in [-0.1, -0.05) is 0 Å². The van der Waals surface area contributed by atoms with Crippen molar-refractivity contribution in [2.45, 2.75) is 61.3 Å². The molecule has 0 aromatic rings. The second-order valence-corrected chi connectivity index (χ2v) is 5.68. The van der Waals surface area contributed by atoms with Crippen LogP contribution in [-0.4, -0.2) is 115 Å². The fraction of sp³-hybridized carbons (Fsp3) is 1.00. The van der Waals surface area contributed by atoms with Gasteiger partial charge in [0.25, 0.3) is 0 Å². The second-order valence-electron chi connectivity index (χ2n) is 5.68. The largest absolute Gasteiger partial charge is 0.395 e. The summed E-state index contributed by atoms with van der Waals surface area (Å²) in [6, 6.07) is -0.997. The highest BCUT2D eigenvalue weighted by Crippen LogP contribution is 2.25. The van der Waals surface area contributed by atoms with E-state index in [1.807, 2.05) is 0 Å². The van der Waals surface area contributed by atoms with Crippen LogP contribution in [0.25, 0.3) is 0 Å². The summed E-state index contributed by atoms with van der Waals surface area (Å²) in [6.45, 7) is -1.20. The van der Waals surface area contributed by atoms with Crippen molar-refractivity contribution >= 4 is 0 Å². The van der Waals surface area contributed by atoms with Crippen molar-refractivity contribution in [2.75, 3.05) is 13.2 Å². The number of aliphatic hydroxyl groups is 8. The van der Waals surface area contributed by atoms with Crippen molar-refractivity contribution in [2.24, 2.45) is 0 Å². The Hall–Kier alpha value is -0.440. The molecule has 2 saturated heterocycles. The van der Waals surface area contributed by atoms with Crippen LogP contribution in [0.15, 0.2) is 0 Å². The molecule has 2 rings (SSSR count). The smallest absolute Gasteiger partial charge is 0.188 e. The molecule has 0 aromatic carbocycles. The summed E-state index contributed by atoms with van der Waals surface area (Å²) in [5, 5.41) is 79.3. The van der Waals surface area contributed by atoms with E-state index in [0.29, 0.717) is 0 Å². The van der Waals surface area contributed by atoms with Crippen LogP contribution >= 0.6 is 0 Å². The minimum absolute atomic E-state index is 0.556. The molecule has 9 N–H and O–H groups in total. The van der Waals surface area contributed by atoms with Crippen molar-refractivity contribution in [1.29, 1.82) is 0 Å². The lowest BCUT2D eigenvalue weighted by Crippen LogP contribution is -2.68. The number of hydrogen-bond acceptors (Lipinski definition) is 11. The zero-order valence-electron chi connectivity index (χ0n) is 12.1. The fourth-order valence-corrected chi connectivity index (χ4v) is 2.63. The maximum absolute atomic E-state index is 9.90. The first-order valence-corrected chi connectivity index (χ1v) is 7.18. The van der Waals surface area contributed by atoms with Gasteiger partial charge < -0.3 is 50.3 Å². The number of rotatable bonds is 4. The van der Waals surface area contributed by atoms with Gasteiger partial charge in [0.15, 0.2) is 6.29 Å². The van der Waals surface area contributed by atoms with E-state index < -0.39 is 74.5 Å². The average molecular weight is 341 g/mol. The Balaban J connectivity index is 2.07. The second kappa shape index (κ2) is 7.63. The third kappa shape index (κ3) is 3.65. The van der Waals surface area contributed by atoms with Gasteiger partial charge in [0.2, 0.25) is 0 Å². The number of piperidine rings is 1. The Morgan fingerprint density at radius 2 is 1.35 bits per heavy atom. The van der Waals surface area contributed by atoms with Crippen LogP contribution in [-0.2, 0) is 9.47 Å². The third-order valence-electron chi connectivity index (χ3n) is 4.13. The molecular weight excluding hydrogens is 318 g/mol. The van der Waals surface area contributed by atoms with Crippen LogP contribution in [0.3, 0.4) is 0 Å². The molecule has 11 nitrogen and oxygen atoms in total. The minimum atomic E-state index is -1.68. The van der Waals surface area contributed by atoms with Crippen LogP contribution in [0.5, 0.6) is 0 Å². The van der Waals surface area contributed by atoms with Crippen LogP contribution in [0.2, 0.25) is 0 Å². The number of hydrogen-bond donors (Lipinski definition) is 9. The van der Waals surface area contributed by atoms with E-state index in [0.717, 1.165) is 0 Å². The molecule has 0 aromatic heterocycles. The summed E-state index contributed by atoms with van der Waals surface area (Å²) in [4.78, 5) is 0. The van der Waals surface area contributed by atoms with E-state index in [1.54, 1.807) is 0 Å². The summed E-state index contributed by atoms with van der Waals surface area (Å²) < 4.78 is 10.4. The first-order valence-electron chi connectivity index (χ1n) is 7.18. The van der Waals surface area contributed by atoms with Gasteiger partial charge in [-0.2, -0.15) is 0 Å². The Kier molecular flexibility index (Phi) is 6.27. The van der Waals surface area contributed by atoms with Gasteiger partial charge in [0, 0.05) is 0 Å². The Morgan fingerprint density at radius 1 is 0.739 bits per heavy atom. The first-order chi connectivity index (χ1) is 10.8. The standard InChI is InChI=1S/C12H23NO10/c14-1-3-5(16)7(18)9(20)11(13-3)23-12-10(21)8(19)6(17)4(2-15)22-12/h3-21H,1-2H2/t3?,4?,5-,6-,7?,8?,9?,10?,11-,12-/m1/s1. The zero-order valence-corrected chi connectivity index (χ0v) is 12.1. The molecule has 0 spiro atoms. The fourth-order valence-electron chi connectivity index (χ4n) is 2.63. The molecule has 2 fully saturated rings. The Labute approximate surface area is 131 Å². The molecule has 2 aliphatic rings. The van der Waals surface area contributed by atoms with Crippen molar-refractivity contribution in [3.63, 3.8) is 0 Å². The maximum atomic E-state index is 9.90. The van der Waals surface area contributed by atoms with Crippen molar-refractivity contribution < 1.29 is 50.3 Å². The molecular formula is C12H23NO10. The summed E-state index contributed by atoms with van der Waals surface area (Å²) in [7, 11) is 0. The zero-order chi connectivity index (χ0) is 17.3. The molecule has 0 saturated carbocycles. The summed E-state index contributed by atoms with van der Waals surface area (Å²) in [5.74, 6) is 0. The monoisotopic (exact) mass is 341 g/mol. The summed E-state index contributed by atoms with van der Waals surface area (Å²) >= 11 is 0. The molecule has 0 aliphatic carbocycles. The topological polar surface area (TPSA) is 192 Å². The quantitative estimate of drug-likeness (QED) is 0.236. The third-order valence-corrected chi connectivity index (χ3v) is 4.13. The van der Waals surface area contributed by atoms with Gasteiger partial charge >= 0.3 is 0 Å². The van der Waals surface area contributed by atoms with Crippen molar-refractivity contribution in [1.82, 2.24) is 5.32 Å². The lowest BCUT2D eigenvalue weighted by Gasteiger charge is -2.45. The van der Waals surface area contributed by atoms with E-state index in [9.17, 15) is 30.6 Å². The number of aliphatic hydroxyl groups excluding tert-OH is 8. The molecule has 2 aliphatic heterocycles. The molecule has 23 heavy (non-hydrogen) atoms. The van der Waals surface area contributed by atoms with Gasteiger partial charge in [-0.25, -0.2) is 0 Å². The number of nitrogens with one attached hydrogen (secondary N) is 1. The average Bonchev–Trinajstić information content (AvgIpc) is 2.55. The highest BCUT2D eigenvalue weighted by molar-refractivity contribution is 4.96. The molecule has 10 atom stereocenters. The van der Waals surface area contributed by atoms with Gasteiger partial charge in [-0.3, -0.25) is 5.32 Å². The summed E-state index contributed by atoms with van der Waals surface area (Å²) in [5.41, 5.74) is 0. The van der Waals surface area contributed by atoms with Gasteiger partial charge in [-0.15, -0.1) is 0 Å². The van der Waals surface area contributed by atoms with Crippen LogP contribution in [0, 0.1) is 0 Å². The maximum Gasteiger partial charge on any atom is 0.188 e. The van der Waals surface area contributed by atoms with Crippen LogP contribution < -0.4 is 5.32 Å². The van der Waals surface area contributed by atoms with E-state index >= 15 is 0 Å². The van der Waals surface area contributed by atoms with Crippen molar-refractivity contribution in [3.05, 3.63) is 0 Å². The summed E-state index contributed by atoms with van der Waals surface area (Å²) in [6.07, 6.45) is -13.6. The SMILES string of the molecule is OCC1N[C@H](O[C@H]2OC(CO)[C@@H](O)C(O)C2O)C(O)C(O)[C@@H]1O. The van der Waals surface area contributed by atoms with Crippen LogP contribution in [0.4, 0.5) is 0 Å². The highest BCUT2D eigenvalue weighted by Gasteiger charge is 2.48. The minimum Gasteiger partial charge on any atom is -0.395 e. The van der Waals surface area contributed by atoms with E-state index in [-0.39, 0.29) is 0 Å². The molecule has 2 heterocycles. The molecule has 0 radical (unpaired) electrons. The predicted molar refractivity (Wildman–Crippen MR) is 70.7 cm³/mol. The van der Waals surface area contributed by atoms with E-state index in [2.05, 4.69) is 5.32 Å². The highest BCUT2D eigenvalue weighted by atomic mass is 16.7. The van der Waals surface area contributed by atoms with Gasteiger partial charge in [0.1, 0.15) is 49.0 Å². The Bertz CT molecular complexity index is 349. The lowest BCUT2D eigenvalue weighted by atomic mass is 9.95. The van der Waals surface area contributed by atoms with Crippen molar-refractivity contribution in [3.8, 4) is 0 Å². The molecule has 0 bridgehead atoms. The van der Waals surface area contributed by atoms with Crippen LogP contribution in [0.1, 0.15) is 0 Å². The van der Waals surface area contributed by atoms with Gasteiger partial charge in [0.05, 0.1) is 19.3 Å². The molecule has 6 unspecified atom stereocenters. The molecule has 0 amide bonds. The predicted octanol–water partition coefficient (Wildman–Crippen LogP) is -5.82.